The zero-order valence-corrected chi connectivity index (χ0v) is 15.9. The molecule has 5 N–H and O–H groups in total. The van der Waals surface area contributed by atoms with Gasteiger partial charge in [0.25, 0.3) is 0 Å². The molecule has 5 rings (SSSR count). The maximum atomic E-state index is 10.5. The van der Waals surface area contributed by atoms with Crippen LogP contribution in [0.1, 0.15) is 32.6 Å². The lowest BCUT2D eigenvalue weighted by Crippen LogP contribution is -2.26. The molecular formula is C20H26N6O2. The van der Waals surface area contributed by atoms with Gasteiger partial charge in [-0.05, 0) is 50.5 Å². The summed E-state index contributed by atoms with van der Waals surface area (Å²) in [6, 6.07) is 1.87. The van der Waals surface area contributed by atoms with Gasteiger partial charge in [0.1, 0.15) is 5.65 Å². The number of rotatable bonds is 7. The highest BCUT2D eigenvalue weighted by Crippen LogP contribution is 2.53. The van der Waals surface area contributed by atoms with Crippen molar-refractivity contribution in [2.45, 2.75) is 44.8 Å². The number of hydrogen-bond donors (Lipinski definition) is 4. The average molecular weight is 382 g/mol. The van der Waals surface area contributed by atoms with E-state index in [1.165, 1.54) is 6.20 Å². The molecule has 4 atom stereocenters. The third kappa shape index (κ3) is 3.11. The van der Waals surface area contributed by atoms with Crippen molar-refractivity contribution < 1.29 is 9.84 Å². The number of hydrogen-bond acceptors (Lipinski definition) is 7. The number of anilines is 1. The zero-order chi connectivity index (χ0) is 19.3. The largest absolute Gasteiger partial charge is 0.477 e. The summed E-state index contributed by atoms with van der Waals surface area (Å²) in [6.45, 7) is 2.45. The smallest absolute Gasteiger partial charge is 0.232 e. The van der Waals surface area contributed by atoms with Gasteiger partial charge in [0.15, 0.2) is 0 Å². The molecule has 3 aliphatic rings. The van der Waals surface area contributed by atoms with Gasteiger partial charge in [-0.3, -0.25) is 4.99 Å². The van der Waals surface area contributed by atoms with Crippen molar-refractivity contribution in [2.24, 2.45) is 28.5 Å². The van der Waals surface area contributed by atoms with Crippen LogP contribution in [0.25, 0.3) is 11.0 Å². The van der Waals surface area contributed by atoms with Gasteiger partial charge in [0.05, 0.1) is 35.5 Å². The average Bonchev–Trinajstić information content (AvgIpc) is 3.60. The van der Waals surface area contributed by atoms with Gasteiger partial charge < -0.3 is 25.9 Å². The number of aliphatic hydroxyl groups excluding tert-OH is 1. The minimum Gasteiger partial charge on any atom is -0.477 e. The monoisotopic (exact) mass is 382 g/mol. The van der Waals surface area contributed by atoms with E-state index < -0.39 is 0 Å². The molecule has 0 bridgehead atoms. The number of nitrogens with one attached hydrogen (secondary N) is 2. The Hall–Kier alpha value is -2.61. The summed E-state index contributed by atoms with van der Waals surface area (Å²) in [5.41, 5.74) is 8.30. The number of aliphatic hydroxyl groups is 1. The fourth-order valence-corrected chi connectivity index (χ4v) is 4.28. The standard InChI is InChI=1S/C20H26N6O2/c1-2-28-19-12-5-6-22-18(12)25-20(26-19)24-15(9-21)16(10-3-4-10)23-14-8-11-7-13(11)17(14)27/h5-6,9-11,13-14,17,27H,2-4,7-8,21H2,1H3,(H2,22,24,25,26). The lowest BCUT2D eigenvalue weighted by Gasteiger charge is -2.18. The molecule has 4 unspecified atom stereocenters. The molecule has 0 aliphatic heterocycles. The van der Waals surface area contributed by atoms with E-state index in [0.717, 1.165) is 36.8 Å². The Kier molecular flexibility index (Phi) is 4.23. The number of allylic oxidation sites excluding steroid dienone is 1. The Morgan fingerprint density at radius 1 is 1.43 bits per heavy atom. The molecule has 8 nitrogen and oxygen atoms in total. The molecule has 0 saturated heterocycles. The second-order valence-corrected chi connectivity index (χ2v) is 7.97. The molecule has 0 amide bonds. The van der Waals surface area contributed by atoms with Crippen LogP contribution in [0.5, 0.6) is 5.88 Å². The van der Waals surface area contributed by atoms with Crippen LogP contribution in [-0.2, 0) is 0 Å². The molecule has 0 spiro atoms. The van der Waals surface area contributed by atoms with Crippen LogP contribution in [0, 0.1) is 17.8 Å². The molecule has 2 heterocycles. The second kappa shape index (κ2) is 6.77. The highest BCUT2D eigenvalue weighted by atomic mass is 16.5. The van der Waals surface area contributed by atoms with Gasteiger partial charge in [-0.2, -0.15) is 9.97 Å². The topological polar surface area (TPSA) is 121 Å². The van der Waals surface area contributed by atoms with Gasteiger partial charge in [0.2, 0.25) is 11.8 Å². The van der Waals surface area contributed by atoms with Crippen molar-refractivity contribution in [1.82, 2.24) is 15.0 Å². The summed E-state index contributed by atoms with van der Waals surface area (Å²) in [6.07, 6.45) is 7.32. The van der Waals surface area contributed by atoms with Crippen molar-refractivity contribution in [3.63, 3.8) is 0 Å². The lowest BCUT2D eigenvalue weighted by molar-refractivity contribution is 0.142. The number of ether oxygens (including phenoxy) is 1. The summed E-state index contributed by atoms with van der Waals surface area (Å²) >= 11 is 0. The molecule has 28 heavy (non-hydrogen) atoms. The number of aliphatic imine (C=N–C) groups is 1. The van der Waals surface area contributed by atoms with Crippen LogP contribution in [0.3, 0.4) is 0 Å². The van der Waals surface area contributed by atoms with Gasteiger partial charge >= 0.3 is 0 Å². The predicted octanol–water partition coefficient (Wildman–Crippen LogP) is 2.19. The molecule has 0 aromatic carbocycles. The fourth-order valence-electron chi connectivity index (χ4n) is 4.28. The quantitative estimate of drug-likeness (QED) is 0.545. The van der Waals surface area contributed by atoms with Crippen LogP contribution in [0.2, 0.25) is 0 Å². The van der Waals surface area contributed by atoms with E-state index in [2.05, 4.69) is 20.3 Å². The Bertz CT molecular complexity index is 947. The Morgan fingerprint density at radius 2 is 2.29 bits per heavy atom. The second-order valence-electron chi connectivity index (χ2n) is 7.97. The van der Waals surface area contributed by atoms with E-state index in [-0.39, 0.29) is 12.1 Å². The summed E-state index contributed by atoms with van der Waals surface area (Å²) in [4.78, 5) is 17.1. The fraction of sp³-hybridized carbons (Fsp3) is 0.550. The van der Waals surface area contributed by atoms with E-state index in [4.69, 9.17) is 15.5 Å². The normalized spacial score (nSPS) is 29.8. The first-order valence-electron chi connectivity index (χ1n) is 10.1. The lowest BCUT2D eigenvalue weighted by atomic mass is 10.1. The molecule has 3 fully saturated rings. The molecule has 148 valence electrons. The van der Waals surface area contributed by atoms with E-state index in [1.807, 2.05) is 19.2 Å². The first-order valence-corrected chi connectivity index (χ1v) is 10.1. The number of nitrogens with zero attached hydrogens (tertiary/aromatic N) is 3. The molecule has 2 aromatic rings. The number of aromatic nitrogens is 3. The first kappa shape index (κ1) is 17.5. The molecule has 2 aromatic heterocycles. The zero-order valence-electron chi connectivity index (χ0n) is 15.9. The summed E-state index contributed by atoms with van der Waals surface area (Å²) in [7, 11) is 0. The van der Waals surface area contributed by atoms with E-state index >= 15 is 0 Å². The molecule has 3 saturated carbocycles. The van der Waals surface area contributed by atoms with Gasteiger partial charge in [-0.25, -0.2) is 0 Å². The Labute approximate surface area is 163 Å². The Morgan fingerprint density at radius 3 is 2.96 bits per heavy atom. The van der Waals surface area contributed by atoms with Gasteiger partial charge in [0, 0.05) is 18.3 Å². The highest BCUT2D eigenvalue weighted by molar-refractivity contribution is 6.05. The summed E-state index contributed by atoms with van der Waals surface area (Å²) < 4.78 is 5.67. The van der Waals surface area contributed by atoms with Gasteiger partial charge in [-0.1, -0.05) is 0 Å². The first-order chi connectivity index (χ1) is 13.7. The van der Waals surface area contributed by atoms with E-state index in [1.54, 1.807) is 0 Å². The van der Waals surface area contributed by atoms with E-state index in [9.17, 15) is 5.11 Å². The van der Waals surface area contributed by atoms with Crippen LogP contribution < -0.4 is 15.8 Å². The summed E-state index contributed by atoms with van der Waals surface area (Å²) in [5.74, 6) is 2.42. The maximum Gasteiger partial charge on any atom is 0.232 e. The SMILES string of the molecule is CCOc1nc(NC(=CN)C(=NC2CC3CC3C2O)C2CC2)nc2[nH]ccc12. The minimum atomic E-state index is -0.325. The van der Waals surface area contributed by atoms with Crippen molar-refractivity contribution in [2.75, 3.05) is 11.9 Å². The van der Waals surface area contributed by atoms with Crippen molar-refractivity contribution in [1.29, 1.82) is 0 Å². The van der Waals surface area contributed by atoms with Crippen LogP contribution in [-0.4, -0.2) is 44.5 Å². The third-order valence-corrected chi connectivity index (χ3v) is 5.97. The molecule has 8 heteroatoms. The van der Waals surface area contributed by atoms with Gasteiger partial charge in [-0.15, -0.1) is 0 Å². The number of fused-ring (bicyclic) bond motifs is 2. The molecule has 3 aliphatic carbocycles. The van der Waals surface area contributed by atoms with Crippen LogP contribution in [0.15, 0.2) is 29.2 Å². The van der Waals surface area contributed by atoms with Crippen LogP contribution in [0.4, 0.5) is 5.95 Å². The minimum absolute atomic E-state index is 0.0260. The maximum absolute atomic E-state index is 10.5. The highest BCUT2D eigenvalue weighted by Gasteiger charge is 2.53. The number of H-pyrrole nitrogens is 1. The Balaban J connectivity index is 1.43. The predicted molar refractivity (Wildman–Crippen MR) is 107 cm³/mol. The van der Waals surface area contributed by atoms with Crippen molar-refractivity contribution in [3.8, 4) is 5.88 Å². The van der Waals surface area contributed by atoms with Crippen molar-refractivity contribution in [3.05, 3.63) is 24.2 Å². The molecule has 0 radical (unpaired) electrons. The van der Waals surface area contributed by atoms with Crippen molar-refractivity contribution >= 4 is 22.7 Å². The molecular weight excluding hydrogens is 356 g/mol. The van der Waals surface area contributed by atoms with Crippen LogP contribution >= 0.6 is 0 Å². The summed E-state index contributed by atoms with van der Waals surface area (Å²) in [5, 5.41) is 14.5. The third-order valence-electron chi connectivity index (χ3n) is 5.97. The number of aromatic amines is 1. The van der Waals surface area contributed by atoms with E-state index in [0.29, 0.717) is 47.5 Å². The number of nitrogens with two attached hydrogens (primary N) is 1.